The van der Waals surface area contributed by atoms with E-state index in [0.29, 0.717) is 65.4 Å². The van der Waals surface area contributed by atoms with Gasteiger partial charge < -0.3 is 32.6 Å². The Kier molecular flexibility index (Phi) is 11.1. The highest BCUT2D eigenvalue weighted by Crippen LogP contribution is 2.33. The van der Waals surface area contributed by atoms with Crippen LogP contribution in [0.15, 0.2) is 42.6 Å². The number of pyridine rings is 1. The molecule has 0 unspecified atom stereocenters. The fourth-order valence-corrected chi connectivity index (χ4v) is 5.72. The number of allylic oxidation sites excluding steroid dienone is 1. The third kappa shape index (κ3) is 8.33. The highest BCUT2D eigenvalue weighted by molar-refractivity contribution is 6.03. The van der Waals surface area contributed by atoms with Crippen LogP contribution in [0.2, 0.25) is 0 Å². The van der Waals surface area contributed by atoms with Crippen molar-refractivity contribution in [3.05, 3.63) is 65.1 Å². The van der Waals surface area contributed by atoms with Gasteiger partial charge in [0.15, 0.2) is 5.65 Å². The lowest BCUT2D eigenvalue weighted by Gasteiger charge is -2.33. The number of nitrogens with two attached hydrogens (primary N) is 3. The molecule has 3 aromatic heterocycles. The van der Waals surface area contributed by atoms with Crippen molar-refractivity contribution >= 4 is 46.2 Å². The molecule has 1 fully saturated rings. The SMILES string of the molecule is CCn1nc(C)cc1C(=O)Nc1nc2cc(C(N)=O)cnc2n1C/C=C/CNc1c(N)cc(C(N)=O)cc1OCCCN1CCNC[C@@H]1C. The summed E-state index contributed by atoms with van der Waals surface area (Å²) in [5, 5.41) is 13.9. The molecular formula is C33H44N12O4. The second kappa shape index (κ2) is 15.6. The van der Waals surface area contributed by atoms with Gasteiger partial charge in [-0.25, -0.2) is 9.97 Å². The molecule has 1 saturated heterocycles. The number of carbonyl (C=O) groups excluding carboxylic acids is 3. The number of fused-ring (bicyclic) bond motifs is 1. The van der Waals surface area contributed by atoms with E-state index in [-0.39, 0.29) is 29.5 Å². The summed E-state index contributed by atoms with van der Waals surface area (Å²) in [7, 11) is 0. The number of primary amides is 2. The van der Waals surface area contributed by atoms with Crippen LogP contribution >= 0.6 is 0 Å². The molecular weight excluding hydrogens is 628 g/mol. The number of aromatic nitrogens is 5. The van der Waals surface area contributed by atoms with Crippen molar-refractivity contribution in [2.45, 2.75) is 46.3 Å². The molecule has 1 aromatic carbocycles. The van der Waals surface area contributed by atoms with E-state index >= 15 is 0 Å². The second-order valence-corrected chi connectivity index (χ2v) is 11.9. The fraction of sp³-hybridized carbons (Fsp3) is 0.394. The average Bonchev–Trinajstić information content (AvgIpc) is 3.63. The Bertz CT molecular complexity index is 1860. The van der Waals surface area contributed by atoms with E-state index in [4.69, 9.17) is 21.9 Å². The van der Waals surface area contributed by atoms with Crippen LogP contribution in [0.3, 0.4) is 0 Å². The first-order valence-corrected chi connectivity index (χ1v) is 16.3. The van der Waals surface area contributed by atoms with Crippen LogP contribution in [0, 0.1) is 6.92 Å². The molecule has 0 radical (unpaired) electrons. The molecule has 16 nitrogen and oxygen atoms in total. The summed E-state index contributed by atoms with van der Waals surface area (Å²) < 4.78 is 9.45. The molecule has 0 saturated carbocycles. The molecule has 1 aliphatic heterocycles. The lowest BCUT2D eigenvalue weighted by atomic mass is 10.1. The van der Waals surface area contributed by atoms with Gasteiger partial charge in [0, 0.05) is 63.6 Å². The zero-order valence-electron chi connectivity index (χ0n) is 28.0. The summed E-state index contributed by atoms with van der Waals surface area (Å²) in [6.07, 6.45) is 5.93. The van der Waals surface area contributed by atoms with Crippen molar-refractivity contribution < 1.29 is 19.1 Å². The number of piperazine rings is 1. The van der Waals surface area contributed by atoms with Crippen molar-refractivity contribution in [1.29, 1.82) is 0 Å². The molecule has 1 atom stereocenters. The van der Waals surface area contributed by atoms with Gasteiger partial charge in [-0.05, 0) is 51.5 Å². The second-order valence-electron chi connectivity index (χ2n) is 11.9. The van der Waals surface area contributed by atoms with Gasteiger partial charge in [0.25, 0.3) is 5.91 Å². The Hall–Kier alpha value is -5.48. The number of nitrogens with zero attached hydrogens (tertiary/aromatic N) is 6. The number of hydrogen-bond acceptors (Lipinski definition) is 11. The Morgan fingerprint density at radius 1 is 1.12 bits per heavy atom. The predicted octanol–water partition coefficient (Wildman–Crippen LogP) is 1.72. The molecule has 16 heteroatoms. The standard InChI is InChI=1S/C33H44N12O4/c1-4-45-26(14-20(2)42-45)32(48)41-33-40-25-16-23(30(36)47)19-39-31(25)44(33)11-6-5-8-38-28-24(34)15-22(29(35)46)17-27(28)49-13-7-10-43-12-9-37-18-21(43)3/h5-6,14-17,19,21,37-38H,4,7-13,18,34H2,1-3H3,(H2,35,46)(H2,36,47)(H,40,41,48)/b6-5+/t21-/m0/s1. The molecule has 3 amide bonds. The van der Waals surface area contributed by atoms with E-state index in [1.54, 1.807) is 21.4 Å². The van der Waals surface area contributed by atoms with E-state index < -0.39 is 11.8 Å². The van der Waals surface area contributed by atoms with Gasteiger partial charge in [0.2, 0.25) is 17.8 Å². The summed E-state index contributed by atoms with van der Waals surface area (Å²) in [5.41, 5.74) is 20.6. The number of aryl methyl sites for hydroxylation is 2. The molecule has 1 aliphatic rings. The van der Waals surface area contributed by atoms with Gasteiger partial charge in [0.1, 0.15) is 22.6 Å². The van der Waals surface area contributed by atoms with Crippen molar-refractivity contribution in [2.24, 2.45) is 11.5 Å². The topological polar surface area (TPSA) is 226 Å². The molecule has 0 aliphatic carbocycles. The Morgan fingerprint density at radius 3 is 2.65 bits per heavy atom. The first kappa shape index (κ1) is 34.8. The van der Waals surface area contributed by atoms with Crippen molar-refractivity contribution in [2.75, 3.05) is 55.7 Å². The first-order valence-electron chi connectivity index (χ1n) is 16.3. The normalized spacial score (nSPS) is 15.1. The number of amides is 3. The molecule has 49 heavy (non-hydrogen) atoms. The van der Waals surface area contributed by atoms with E-state index in [9.17, 15) is 14.4 Å². The van der Waals surface area contributed by atoms with Crippen LogP contribution in [0.1, 0.15) is 57.2 Å². The minimum absolute atomic E-state index is 0.200. The van der Waals surface area contributed by atoms with E-state index in [0.717, 1.165) is 32.6 Å². The van der Waals surface area contributed by atoms with Gasteiger partial charge in [-0.1, -0.05) is 12.2 Å². The number of ether oxygens (including phenoxy) is 1. The zero-order valence-corrected chi connectivity index (χ0v) is 28.0. The fourth-order valence-electron chi connectivity index (χ4n) is 5.72. The molecule has 4 heterocycles. The number of benzene rings is 1. The maximum Gasteiger partial charge on any atom is 0.276 e. The number of nitrogen functional groups attached to an aromatic ring is 1. The van der Waals surface area contributed by atoms with Crippen molar-refractivity contribution in [1.82, 2.24) is 34.5 Å². The van der Waals surface area contributed by atoms with Crippen LogP contribution in [0.25, 0.3) is 11.2 Å². The smallest absolute Gasteiger partial charge is 0.276 e. The number of hydrogen-bond donors (Lipinski definition) is 6. The van der Waals surface area contributed by atoms with Crippen LogP contribution in [0.4, 0.5) is 17.3 Å². The molecule has 0 bridgehead atoms. The van der Waals surface area contributed by atoms with E-state index in [1.165, 1.54) is 18.3 Å². The largest absolute Gasteiger partial charge is 0.491 e. The van der Waals surface area contributed by atoms with Crippen LogP contribution in [-0.2, 0) is 13.1 Å². The number of anilines is 3. The van der Waals surface area contributed by atoms with Crippen molar-refractivity contribution in [3.63, 3.8) is 0 Å². The van der Waals surface area contributed by atoms with Gasteiger partial charge in [0.05, 0.1) is 23.6 Å². The monoisotopic (exact) mass is 672 g/mol. The van der Waals surface area contributed by atoms with Crippen LogP contribution < -0.4 is 37.9 Å². The summed E-state index contributed by atoms with van der Waals surface area (Å²) in [6, 6.07) is 6.81. The van der Waals surface area contributed by atoms with Crippen LogP contribution in [-0.4, -0.2) is 92.3 Å². The number of carbonyl (C=O) groups is 3. The number of nitrogens with one attached hydrogen (secondary N) is 3. The van der Waals surface area contributed by atoms with Gasteiger partial charge in [-0.2, -0.15) is 5.10 Å². The molecule has 4 aromatic rings. The molecule has 0 spiro atoms. The lowest BCUT2D eigenvalue weighted by molar-refractivity contribution is 0.0991. The molecule has 260 valence electrons. The highest BCUT2D eigenvalue weighted by Gasteiger charge is 2.20. The summed E-state index contributed by atoms with van der Waals surface area (Å²) in [5.74, 6) is -0.936. The maximum absolute atomic E-state index is 13.3. The molecule has 5 rings (SSSR count). The summed E-state index contributed by atoms with van der Waals surface area (Å²) >= 11 is 0. The Morgan fingerprint density at radius 2 is 1.92 bits per heavy atom. The highest BCUT2D eigenvalue weighted by atomic mass is 16.5. The zero-order chi connectivity index (χ0) is 35.1. The maximum atomic E-state index is 13.3. The van der Waals surface area contributed by atoms with Crippen LogP contribution in [0.5, 0.6) is 5.75 Å². The summed E-state index contributed by atoms with van der Waals surface area (Å²) in [6.45, 7) is 11.3. The van der Waals surface area contributed by atoms with Gasteiger partial charge >= 0.3 is 0 Å². The summed E-state index contributed by atoms with van der Waals surface area (Å²) in [4.78, 5) is 48.4. The quantitative estimate of drug-likeness (QED) is 0.0605. The van der Waals surface area contributed by atoms with E-state index in [1.807, 2.05) is 26.0 Å². The van der Waals surface area contributed by atoms with Gasteiger partial charge in [-0.15, -0.1) is 0 Å². The number of rotatable bonds is 15. The third-order valence-corrected chi connectivity index (χ3v) is 8.28. The van der Waals surface area contributed by atoms with E-state index in [2.05, 4.69) is 42.8 Å². The lowest BCUT2D eigenvalue weighted by Crippen LogP contribution is -2.50. The number of imidazole rings is 1. The average molecular weight is 673 g/mol. The molecule has 9 N–H and O–H groups in total. The minimum Gasteiger partial charge on any atom is -0.491 e. The third-order valence-electron chi connectivity index (χ3n) is 8.28. The van der Waals surface area contributed by atoms with Gasteiger partial charge in [-0.3, -0.25) is 33.8 Å². The first-order chi connectivity index (χ1) is 23.5. The Labute approximate surface area is 284 Å². The minimum atomic E-state index is -0.636. The predicted molar refractivity (Wildman–Crippen MR) is 188 cm³/mol. The Balaban J connectivity index is 1.29. The van der Waals surface area contributed by atoms with Crippen molar-refractivity contribution in [3.8, 4) is 5.75 Å².